The van der Waals surface area contributed by atoms with Crippen molar-refractivity contribution in [3.8, 4) is 5.75 Å². The molecule has 7 nitrogen and oxygen atoms in total. The lowest BCUT2D eigenvalue weighted by molar-refractivity contribution is -0.126. The average molecular weight is 688 g/mol. The molecule has 246 valence electrons. The highest BCUT2D eigenvalue weighted by molar-refractivity contribution is 8.14. The van der Waals surface area contributed by atoms with Crippen LogP contribution in [0.25, 0.3) is 6.08 Å². The lowest BCUT2D eigenvalue weighted by Gasteiger charge is -2.28. The maximum Gasteiger partial charge on any atom is 0.285 e. The Kier molecular flexibility index (Phi) is 12.2. The van der Waals surface area contributed by atoms with Crippen LogP contribution in [0.15, 0.2) is 156 Å². The fourth-order valence-electron chi connectivity index (χ4n) is 5.05. The van der Waals surface area contributed by atoms with Crippen molar-refractivity contribution in [2.24, 2.45) is 4.99 Å². The van der Waals surface area contributed by atoms with E-state index in [0.29, 0.717) is 22.0 Å². The van der Waals surface area contributed by atoms with Gasteiger partial charge in [0.05, 0.1) is 11.8 Å². The minimum Gasteiger partial charge on any atom is -0.488 e. The summed E-state index contributed by atoms with van der Waals surface area (Å²) in [6, 6.07) is 33.4. The van der Waals surface area contributed by atoms with Gasteiger partial charge in [-0.1, -0.05) is 145 Å². The average Bonchev–Trinajstić information content (AvgIpc) is 3.13. The Morgan fingerprint density at radius 3 is 2.22 bits per heavy atom. The van der Waals surface area contributed by atoms with Crippen molar-refractivity contribution < 1.29 is 19.1 Å². The highest BCUT2D eigenvalue weighted by Crippen LogP contribution is 2.30. The number of para-hydroxylation sites is 1. The fourth-order valence-corrected chi connectivity index (χ4v) is 6.05. The van der Waals surface area contributed by atoms with Gasteiger partial charge in [0.15, 0.2) is 5.17 Å². The predicted molar refractivity (Wildman–Crippen MR) is 198 cm³/mol. The van der Waals surface area contributed by atoms with E-state index in [1.807, 2.05) is 78.9 Å². The first-order valence-corrected chi connectivity index (χ1v) is 16.9. The van der Waals surface area contributed by atoms with Gasteiger partial charge in [-0.3, -0.25) is 19.3 Å². The normalized spacial score (nSPS) is 14.3. The molecule has 1 aliphatic heterocycles. The van der Waals surface area contributed by atoms with E-state index in [2.05, 4.69) is 16.9 Å². The molecule has 0 unspecified atom stereocenters. The first kappa shape index (κ1) is 34.9. The molecule has 0 saturated carbocycles. The van der Waals surface area contributed by atoms with Gasteiger partial charge in [0.25, 0.3) is 11.8 Å². The largest absolute Gasteiger partial charge is 0.488 e. The Morgan fingerprint density at radius 2 is 1.57 bits per heavy atom. The number of carbonyl (C=O) groups excluding carboxylic acids is 3. The molecule has 9 heteroatoms. The van der Waals surface area contributed by atoms with Gasteiger partial charge in [0.1, 0.15) is 17.9 Å². The molecule has 1 N–H and O–H groups in total. The molecule has 5 rings (SSSR count). The van der Waals surface area contributed by atoms with Gasteiger partial charge < -0.3 is 10.1 Å². The van der Waals surface area contributed by atoms with Crippen LogP contribution in [0.4, 0.5) is 0 Å². The van der Waals surface area contributed by atoms with Crippen molar-refractivity contribution in [1.82, 2.24) is 10.2 Å². The molecular formula is C40H34ClN3O4S. The number of hydrogen-bond acceptors (Lipinski definition) is 5. The highest BCUT2D eigenvalue weighted by Gasteiger charge is 2.35. The number of amides is 3. The van der Waals surface area contributed by atoms with Gasteiger partial charge in [-0.25, -0.2) is 0 Å². The summed E-state index contributed by atoms with van der Waals surface area (Å²) < 4.78 is 6.06. The van der Waals surface area contributed by atoms with E-state index in [1.165, 1.54) is 11.0 Å². The number of benzene rings is 4. The van der Waals surface area contributed by atoms with Crippen LogP contribution in [-0.2, 0) is 21.0 Å². The second-order valence-electron chi connectivity index (χ2n) is 10.7. The zero-order chi connectivity index (χ0) is 34.6. The van der Waals surface area contributed by atoms with Crippen LogP contribution in [0.3, 0.4) is 0 Å². The quantitative estimate of drug-likeness (QED) is 0.0920. The van der Waals surface area contributed by atoms with Crippen molar-refractivity contribution >= 4 is 52.3 Å². The van der Waals surface area contributed by atoms with Gasteiger partial charge in [-0.15, -0.1) is 0 Å². The summed E-state index contributed by atoms with van der Waals surface area (Å²) in [5, 5.41) is 3.76. The molecule has 0 aliphatic carbocycles. The van der Waals surface area contributed by atoms with Crippen molar-refractivity contribution in [2.75, 3.05) is 5.75 Å². The summed E-state index contributed by atoms with van der Waals surface area (Å²) in [5.74, 6) is -1.23. The van der Waals surface area contributed by atoms with Gasteiger partial charge in [0, 0.05) is 21.8 Å². The van der Waals surface area contributed by atoms with Crippen LogP contribution in [0.2, 0.25) is 5.02 Å². The third-order valence-electron chi connectivity index (χ3n) is 7.47. The lowest BCUT2D eigenvalue weighted by atomic mass is 9.99. The third-order valence-corrected chi connectivity index (χ3v) is 8.78. The third kappa shape index (κ3) is 8.93. The van der Waals surface area contributed by atoms with Crippen LogP contribution in [-0.4, -0.2) is 33.5 Å². The Hall–Kier alpha value is -5.44. The Labute approximate surface area is 295 Å². The first-order chi connectivity index (χ1) is 23.9. The molecule has 0 radical (unpaired) electrons. The monoisotopic (exact) mass is 687 g/mol. The number of halogens is 1. The van der Waals surface area contributed by atoms with Crippen LogP contribution >= 0.6 is 23.4 Å². The first-order valence-electron chi connectivity index (χ1n) is 15.5. The molecule has 0 saturated heterocycles. The van der Waals surface area contributed by atoms with E-state index in [4.69, 9.17) is 16.3 Å². The number of rotatable bonds is 12. The second kappa shape index (κ2) is 17.1. The van der Waals surface area contributed by atoms with Gasteiger partial charge >= 0.3 is 0 Å². The Morgan fingerprint density at radius 1 is 0.939 bits per heavy atom. The van der Waals surface area contributed by atoms with Crippen LogP contribution in [0.1, 0.15) is 35.2 Å². The summed E-state index contributed by atoms with van der Waals surface area (Å²) in [7, 11) is 0. The zero-order valence-corrected chi connectivity index (χ0v) is 28.4. The highest BCUT2D eigenvalue weighted by atomic mass is 35.5. The SMILES string of the molecule is C=C/C=C\C(=C/C)N1C(=O)/C(=C/c2ccccc2OCc2ccccc2Cl)C(=O)N=C1SCC(=O)NC(c1ccccc1)c1ccccc1. The molecule has 1 heterocycles. The smallest absolute Gasteiger partial charge is 0.285 e. The van der Waals surface area contributed by atoms with E-state index >= 15 is 0 Å². The topological polar surface area (TPSA) is 88.1 Å². The van der Waals surface area contributed by atoms with Crippen LogP contribution < -0.4 is 10.1 Å². The van der Waals surface area contributed by atoms with E-state index in [9.17, 15) is 14.4 Å². The number of ether oxygens (including phenoxy) is 1. The number of allylic oxidation sites excluding steroid dienone is 4. The van der Waals surface area contributed by atoms with Gasteiger partial charge in [-0.05, 0) is 42.3 Å². The van der Waals surface area contributed by atoms with Gasteiger partial charge in [0.2, 0.25) is 5.91 Å². The predicted octanol–water partition coefficient (Wildman–Crippen LogP) is 8.31. The van der Waals surface area contributed by atoms with Crippen LogP contribution in [0, 0.1) is 0 Å². The van der Waals surface area contributed by atoms with E-state index in [-0.39, 0.29) is 35.0 Å². The molecule has 0 bridgehead atoms. The van der Waals surface area contributed by atoms with E-state index in [0.717, 1.165) is 28.5 Å². The number of aliphatic imine (C=N–C) groups is 1. The summed E-state index contributed by atoms with van der Waals surface area (Å²) in [5.41, 5.74) is 3.47. The summed E-state index contributed by atoms with van der Waals surface area (Å²) in [6.45, 7) is 5.70. The molecule has 4 aromatic rings. The molecule has 0 aromatic heterocycles. The minimum atomic E-state index is -0.723. The fraction of sp³-hybridized carbons (Fsp3) is 0.100. The summed E-state index contributed by atoms with van der Waals surface area (Å²) in [6.07, 6.45) is 8.15. The van der Waals surface area contributed by atoms with Crippen LogP contribution in [0.5, 0.6) is 5.75 Å². The summed E-state index contributed by atoms with van der Waals surface area (Å²) >= 11 is 7.32. The van der Waals surface area contributed by atoms with Crippen molar-refractivity contribution in [2.45, 2.75) is 19.6 Å². The Balaban J connectivity index is 1.41. The molecular weight excluding hydrogens is 654 g/mol. The van der Waals surface area contributed by atoms with E-state index in [1.54, 1.807) is 61.6 Å². The molecule has 0 spiro atoms. The van der Waals surface area contributed by atoms with Crippen molar-refractivity contribution in [3.05, 3.63) is 179 Å². The maximum absolute atomic E-state index is 14.1. The number of amidine groups is 1. The Bertz CT molecular complexity index is 1920. The number of nitrogens with zero attached hydrogens (tertiary/aromatic N) is 2. The number of nitrogens with one attached hydrogen (secondary N) is 1. The minimum absolute atomic E-state index is 0.0864. The van der Waals surface area contributed by atoms with Gasteiger partial charge in [-0.2, -0.15) is 4.99 Å². The number of thioether (sulfide) groups is 1. The van der Waals surface area contributed by atoms with Crippen molar-refractivity contribution in [1.29, 1.82) is 0 Å². The molecule has 0 fully saturated rings. The lowest BCUT2D eigenvalue weighted by Crippen LogP contribution is -2.42. The zero-order valence-electron chi connectivity index (χ0n) is 26.8. The van der Waals surface area contributed by atoms with Crippen molar-refractivity contribution in [3.63, 3.8) is 0 Å². The summed E-state index contributed by atoms with van der Waals surface area (Å²) in [4.78, 5) is 46.7. The van der Waals surface area contributed by atoms with E-state index < -0.39 is 11.8 Å². The molecule has 49 heavy (non-hydrogen) atoms. The standard InChI is InChI=1S/C40H34ClN3O4S/c1-3-5-22-32(4-2)44-39(47)33(25-30-20-13-15-24-35(30)48-26-31-21-12-14-23-34(31)41)38(46)43-40(44)49-27-36(45)42-37(28-16-8-6-9-17-28)29-18-10-7-11-19-29/h3-25,37H,1,26-27H2,2H3,(H,42,45)/b22-5-,32-4+,33-25+. The molecule has 3 amide bonds. The molecule has 4 aromatic carbocycles. The number of carbonyl (C=O) groups is 3. The second-order valence-corrected chi connectivity index (χ2v) is 12.1. The maximum atomic E-state index is 14.1. The molecule has 0 atom stereocenters. The number of hydrogen-bond donors (Lipinski definition) is 1. The molecule has 1 aliphatic rings.